The lowest BCUT2D eigenvalue weighted by atomic mass is 9.80. The lowest BCUT2D eigenvalue weighted by Gasteiger charge is -2.37. The summed E-state index contributed by atoms with van der Waals surface area (Å²) in [6.07, 6.45) is 2.79. The van der Waals surface area contributed by atoms with Gasteiger partial charge in [-0.05, 0) is 74.6 Å². The van der Waals surface area contributed by atoms with Crippen molar-refractivity contribution in [3.63, 3.8) is 0 Å². The molecule has 1 heteroatoms. The predicted octanol–water partition coefficient (Wildman–Crippen LogP) is 4.63. The molecular weight excluding hydrogens is 230 g/mol. The van der Waals surface area contributed by atoms with Gasteiger partial charge in [-0.25, -0.2) is 0 Å². The number of anilines is 1. The highest BCUT2D eigenvalue weighted by Gasteiger charge is 2.56. The van der Waals surface area contributed by atoms with Crippen LogP contribution < -0.4 is 4.90 Å². The normalized spacial score (nSPS) is 32.1. The van der Waals surface area contributed by atoms with E-state index in [1.54, 1.807) is 0 Å². The average molecular weight is 257 g/mol. The Hall–Kier alpha value is -0.980. The summed E-state index contributed by atoms with van der Waals surface area (Å²) in [5.74, 6) is 0.859. The van der Waals surface area contributed by atoms with Crippen molar-refractivity contribution in [1.29, 1.82) is 0 Å². The average Bonchev–Trinajstić information content (AvgIpc) is 2.70. The van der Waals surface area contributed by atoms with E-state index in [1.807, 2.05) is 0 Å². The van der Waals surface area contributed by atoms with Gasteiger partial charge in [-0.2, -0.15) is 0 Å². The molecule has 19 heavy (non-hydrogen) atoms. The molecule has 0 radical (unpaired) electrons. The minimum atomic E-state index is 0.476. The molecule has 2 fully saturated rings. The van der Waals surface area contributed by atoms with E-state index in [1.165, 1.54) is 35.2 Å². The van der Waals surface area contributed by atoms with Crippen LogP contribution in [0.2, 0.25) is 0 Å². The first kappa shape index (κ1) is 13.0. The van der Waals surface area contributed by atoms with Gasteiger partial charge in [-0.3, -0.25) is 0 Å². The fourth-order valence-corrected chi connectivity index (χ4v) is 4.84. The minimum Gasteiger partial charge on any atom is -0.365 e. The Bertz CT molecular complexity index is 515. The van der Waals surface area contributed by atoms with Crippen molar-refractivity contribution in [2.75, 3.05) is 4.90 Å². The fraction of sp³-hybridized carbons (Fsp3) is 0.667. The quantitative estimate of drug-likeness (QED) is 0.709. The standard InChI is InChI=1S/C18H27N/c1-11-9-12(2)13(3)16(10-11)19-14(4)15-7-8-17(19)18(15,5)6/h9-10,14-15,17H,7-8H2,1-6H3. The molecule has 1 aromatic carbocycles. The second-order valence-corrected chi connectivity index (χ2v) is 7.39. The SMILES string of the molecule is Cc1cc(C)c(C)c(N2C(C)C3CCC2C3(C)C)c1. The molecule has 2 bridgehead atoms. The molecule has 1 heterocycles. The van der Waals surface area contributed by atoms with Crippen LogP contribution in [0.15, 0.2) is 12.1 Å². The van der Waals surface area contributed by atoms with Crippen LogP contribution in [0.4, 0.5) is 5.69 Å². The number of hydrogen-bond acceptors (Lipinski definition) is 1. The second kappa shape index (κ2) is 4.01. The van der Waals surface area contributed by atoms with Gasteiger partial charge in [-0.15, -0.1) is 0 Å². The zero-order chi connectivity index (χ0) is 13.9. The van der Waals surface area contributed by atoms with Gasteiger partial charge in [0.2, 0.25) is 0 Å². The highest BCUT2D eigenvalue weighted by molar-refractivity contribution is 5.61. The minimum absolute atomic E-state index is 0.476. The summed E-state index contributed by atoms with van der Waals surface area (Å²) in [4.78, 5) is 2.74. The third-order valence-corrected chi connectivity index (χ3v) is 5.98. The van der Waals surface area contributed by atoms with Crippen LogP contribution in [-0.2, 0) is 0 Å². The van der Waals surface area contributed by atoms with Gasteiger partial charge in [0.1, 0.15) is 0 Å². The molecule has 0 amide bonds. The number of benzene rings is 1. The molecule has 2 aliphatic rings. The highest BCUT2D eigenvalue weighted by Crippen LogP contribution is 2.56. The topological polar surface area (TPSA) is 3.24 Å². The molecule has 0 spiro atoms. The fourth-order valence-electron chi connectivity index (χ4n) is 4.84. The van der Waals surface area contributed by atoms with Crippen LogP contribution in [0, 0.1) is 32.1 Å². The van der Waals surface area contributed by atoms with Crippen LogP contribution in [0.5, 0.6) is 0 Å². The maximum atomic E-state index is 2.74. The molecular formula is C18H27N. The summed E-state index contributed by atoms with van der Waals surface area (Å²) in [5.41, 5.74) is 6.27. The van der Waals surface area contributed by atoms with Crippen LogP contribution in [-0.4, -0.2) is 12.1 Å². The molecule has 1 nitrogen and oxygen atoms in total. The molecule has 1 saturated carbocycles. The van der Waals surface area contributed by atoms with Gasteiger partial charge in [0, 0.05) is 17.8 Å². The van der Waals surface area contributed by atoms with Crippen molar-refractivity contribution in [2.24, 2.45) is 11.3 Å². The van der Waals surface area contributed by atoms with Crippen molar-refractivity contribution < 1.29 is 0 Å². The number of hydrogen-bond donors (Lipinski definition) is 0. The summed E-state index contributed by atoms with van der Waals surface area (Å²) in [7, 11) is 0. The van der Waals surface area contributed by atoms with E-state index >= 15 is 0 Å². The molecule has 1 aromatic rings. The first-order valence-corrected chi connectivity index (χ1v) is 7.70. The maximum absolute atomic E-state index is 2.74. The molecule has 0 aromatic heterocycles. The van der Waals surface area contributed by atoms with E-state index in [-0.39, 0.29) is 0 Å². The summed E-state index contributed by atoms with van der Waals surface area (Å²) in [6.45, 7) is 14.1. The molecule has 104 valence electrons. The van der Waals surface area contributed by atoms with Gasteiger partial charge in [0.25, 0.3) is 0 Å². The number of nitrogens with zero attached hydrogens (tertiary/aromatic N) is 1. The van der Waals surface area contributed by atoms with E-state index < -0.39 is 0 Å². The molecule has 3 unspecified atom stereocenters. The van der Waals surface area contributed by atoms with Crippen molar-refractivity contribution in [3.05, 3.63) is 28.8 Å². The number of piperidine rings is 1. The summed E-state index contributed by atoms with van der Waals surface area (Å²) in [5, 5.41) is 0. The largest absolute Gasteiger partial charge is 0.365 e. The molecule has 3 atom stereocenters. The Balaban J connectivity index is 2.09. The van der Waals surface area contributed by atoms with Gasteiger partial charge >= 0.3 is 0 Å². The Kier molecular flexibility index (Phi) is 2.75. The van der Waals surface area contributed by atoms with E-state index in [0.717, 1.165) is 12.0 Å². The van der Waals surface area contributed by atoms with Crippen molar-refractivity contribution in [1.82, 2.24) is 0 Å². The third-order valence-electron chi connectivity index (χ3n) is 5.98. The first-order chi connectivity index (χ1) is 8.84. The Morgan fingerprint density at radius 1 is 1.11 bits per heavy atom. The summed E-state index contributed by atoms with van der Waals surface area (Å²) >= 11 is 0. The zero-order valence-corrected chi connectivity index (χ0v) is 13.2. The van der Waals surface area contributed by atoms with Gasteiger partial charge < -0.3 is 4.90 Å². The van der Waals surface area contributed by atoms with E-state index in [9.17, 15) is 0 Å². The van der Waals surface area contributed by atoms with Crippen LogP contribution in [0.1, 0.15) is 50.3 Å². The Labute approximate surface area is 118 Å². The first-order valence-electron chi connectivity index (χ1n) is 7.70. The summed E-state index contributed by atoms with van der Waals surface area (Å²) in [6, 6.07) is 6.12. The lowest BCUT2D eigenvalue weighted by Crippen LogP contribution is -2.40. The van der Waals surface area contributed by atoms with Gasteiger partial charge in [0.05, 0.1) is 0 Å². The van der Waals surface area contributed by atoms with E-state index in [2.05, 4.69) is 58.6 Å². The second-order valence-electron chi connectivity index (χ2n) is 7.39. The molecule has 1 aliphatic heterocycles. The Morgan fingerprint density at radius 2 is 1.79 bits per heavy atom. The lowest BCUT2D eigenvalue weighted by molar-refractivity contribution is 0.286. The smallest absolute Gasteiger partial charge is 0.0406 e. The number of fused-ring (bicyclic) bond motifs is 2. The molecule has 1 aliphatic carbocycles. The maximum Gasteiger partial charge on any atom is 0.0406 e. The molecule has 1 saturated heterocycles. The van der Waals surface area contributed by atoms with Gasteiger partial charge in [0.15, 0.2) is 0 Å². The van der Waals surface area contributed by atoms with E-state index in [4.69, 9.17) is 0 Å². The van der Waals surface area contributed by atoms with Crippen molar-refractivity contribution in [3.8, 4) is 0 Å². The third kappa shape index (κ3) is 1.67. The van der Waals surface area contributed by atoms with E-state index in [0.29, 0.717) is 11.5 Å². The number of aryl methyl sites for hydroxylation is 2. The monoisotopic (exact) mass is 257 g/mol. The van der Waals surface area contributed by atoms with Crippen molar-refractivity contribution in [2.45, 2.75) is 66.5 Å². The highest BCUT2D eigenvalue weighted by atomic mass is 15.3. The van der Waals surface area contributed by atoms with Crippen LogP contribution >= 0.6 is 0 Å². The Morgan fingerprint density at radius 3 is 2.37 bits per heavy atom. The predicted molar refractivity (Wildman–Crippen MR) is 82.9 cm³/mol. The van der Waals surface area contributed by atoms with Gasteiger partial charge in [-0.1, -0.05) is 19.9 Å². The van der Waals surface area contributed by atoms with Crippen LogP contribution in [0.25, 0.3) is 0 Å². The van der Waals surface area contributed by atoms with Crippen LogP contribution in [0.3, 0.4) is 0 Å². The molecule has 3 rings (SSSR count). The number of rotatable bonds is 1. The van der Waals surface area contributed by atoms with Crippen molar-refractivity contribution >= 4 is 5.69 Å². The zero-order valence-electron chi connectivity index (χ0n) is 13.2. The summed E-state index contributed by atoms with van der Waals surface area (Å²) < 4.78 is 0. The molecule has 0 N–H and O–H groups in total.